The second-order valence-electron chi connectivity index (χ2n) is 4.38. The monoisotopic (exact) mass is 245 g/mol. The number of nitrogens with one attached hydrogen (secondary N) is 1. The SMILES string of the molecule is CCNCc1c(C)nc(-c2cnn(C)c2)nc1C. The third-order valence-electron chi connectivity index (χ3n) is 2.94. The first kappa shape index (κ1) is 12.7. The summed E-state index contributed by atoms with van der Waals surface area (Å²) in [6, 6.07) is 0. The molecular weight excluding hydrogens is 226 g/mol. The Morgan fingerprint density at radius 2 is 1.89 bits per heavy atom. The molecule has 2 rings (SSSR count). The van der Waals surface area contributed by atoms with Crippen LogP contribution in [0.25, 0.3) is 11.4 Å². The molecule has 5 heteroatoms. The van der Waals surface area contributed by atoms with E-state index in [4.69, 9.17) is 0 Å². The van der Waals surface area contributed by atoms with Gasteiger partial charge in [0.25, 0.3) is 0 Å². The van der Waals surface area contributed by atoms with Crippen LogP contribution in [0, 0.1) is 13.8 Å². The van der Waals surface area contributed by atoms with Crippen LogP contribution >= 0.6 is 0 Å². The van der Waals surface area contributed by atoms with Crippen molar-refractivity contribution < 1.29 is 0 Å². The first-order valence-electron chi connectivity index (χ1n) is 6.15. The van der Waals surface area contributed by atoms with E-state index in [1.807, 2.05) is 27.1 Å². The number of rotatable bonds is 4. The van der Waals surface area contributed by atoms with Crippen molar-refractivity contribution in [1.82, 2.24) is 25.1 Å². The van der Waals surface area contributed by atoms with Crippen LogP contribution in [0.1, 0.15) is 23.9 Å². The van der Waals surface area contributed by atoms with Gasteiger partial charge in [-0.2, -0.15) is 5.10 Å². The molecule has 0 spiro atoms. The Morgan fingerprint density at radius 3 is 2.39 bits per heavy atom. The Morgan fingerprint density at radius 1 is 1.22 bits per heavy atom. The lowest BCUT2D eigenvalue weighted by atomic mass is 10.1. The van der Waals surface area contributed by atoms with Crippen molar-refractivity contribution in [2.24, 2.45) is 7.05 Å². The van der Waals surface area contributed by atoms with E-state index in [-0.39, 0.29) is 0 Å². The van der Waals surface area contributed by atoms with Crippen LogP contribution in [0.15, 0.2) is 12.4 Å². The summed E-state index contributed by atoms with van der Waals surface area (Å²) in [4.78, 5) is 9.13. The zero-order valence-electron chi connectivity index (χ0n) is 11.4. The van der Waals surface area contributed by atoms with E-state index in [1.54, 1.807) is 10.9 Å². The molecule has 96 valence electrons. The molecule has 0 amide bonds. The fraction of sp³-hybridized carbons (Fsp3) is 0.462. The minimum absolute atomic E-state index is 0.748. The molecule has 0 aliphatic carbocycles. The van der Waals surface area contributed by atoms with Gasteiger partial charge in [-0.3, -0.25) is 4.68 Å². The lowest BCUT2D eigenvalue weighted by Gasteiger charge is -2.10. The molecular formula is C13H19N5. The maximum Gasteiger partial charge on any atom is 0.162 e. The van der Waals surface area contributed by atoms with Crippen LogP contribution in [0.4, 0.5) is 0 Å². The Labute approximate surface area is 107 Å². The number of hydrogen-bond donors (Lipinski definition) is 1. The molecule has 0 aliphatic rings. The van der Waals surface area contributed by atoms with Gasteiger partial charge in [-0.05, 0) is 20.4 Å². The molecule has 1 N–H and O–H groups in total. The number of nitrogens with zero attached hydrogens (tertiary/aromatic N) is 4. The summed E-state index contributed by atoms with van der Waals surface area (Å²) in [6.45, 7) is 7.92. The molecule has 2 aromatic heterocycles. The predicted molar refractivity (Wildman–Crippen MR) is 71.1 cm³/mol. The lowest BCUT2D eigenvalue weighted by molar-refractivity contribution is 0.711. The van der Waals surface area contributed by atoms with Crippen LogP contribution in [0.3, 0.4) is 0 Å². The van der Waals surface area contributed by atoms with E-state index in [1.165, 1.54) is 5.56 Å². The third-order valence-corrected chi connectivity index (χ3v) is 2.94. The van der Waals surface area contributed by atoms with E-state index in [2.05, 4.69) is 27.3 Å². The second-order valence-corrected chi connectivity index (χ2v) is 4.38. The lowest BCUT2D eigenvalue weighted by Crippen LogP contribution is -2.15. The van der Waals surface area contributed by atoms with Gasteiger partial charge in [0.2, 0.25) is 0 Å². The van der Waals surface area contributed by atoms with E-state index >= 15 is 0 Å². The number of aromatic nitrogens is 4. The summed E-state index contributed by atoms with van der Waals surface area (Å²) in [7, 11) is 1.89. The molecule has 5 nitrogen and oxygen atoms in total. The molecule has 0 atom stereocenters. The second kappa shape index (κ2) is 5.27. The number of aryl methyl sites for hydroxylation is 3. The maximum absolute atomic E-state index is 4.57. The van der Waals surface area contributed by atoms with E-state index < -0.39 is 0 Å². The standard InChI is InChI=1S/C13H19N5/c1-5-14-7-12-9(2)16-13(17-10(12)3)11-6-15-18(4)8-11/h6,8,14H,5,7H2,1-4H3. The Balaban J connectivity index is 2.36. The van der Waals surface area contributed by atoms with Gasteiger partial charge >= 0.3 is 0 Å². The Kier molecular flexibility index (Phi) is 3.72. The molecule has 0 bridgehead atoms. The molecule has 0 saturated carbocycles. The number of hydrogen-bond acceptors (Lipinski definition) is 4. The van der Waals surface area contributed by atoms with Crippen LogP contribution in [0.5, 0.6) is 0 Å². The highest BCUT2D eigenvalue weighted by Gasteiger charge is 2.10. The van der Waals surface area contributed by atoms with Gasteiger partial charge in [0.1, 0.15) is 0 Å². The highest BCUT2D eigenvalue weighted by molar-refractivity contribution is 5.53. The van der Waals surface area contributed by atoms with Crippen molar-refractivity contribution in [1.29, 1.82) is 0 Å². The molecule has 0 fully saturated rings. The molecule has 18 heavy (non-hydrogen) atoms. The molecule has 0 radical (unpaired) electrons. The Bertz CT molecular complexity index is 521. The zero-order valence-corrected chi connectivity index (χ0v) is 11.4. The maximum atomic E-state index is 4.57. The minimum Gasteiger partial charge on any atom is -0.313 e. The first-order chi connectivity index (χ1) is 8.61. The van der Waals surface area contributed by atoms with Crippen LogP contribution in [-0.4, -0.2) is 26.3 Å². The molecule has 0 saturated heterocycles. The smallest absolute Gasteiger partial charge is 0.162 e. The Hall–Kier alpha value is -1.75. The van der Waals surface area contributed by atoms with E-state index in [9.17, 15) is 0 Å². The van der Waals surface area contributed by atoms with Gasteiger partial charge in [-0.1, -0.05) is 6.92 Å². The highest BCUT2D eigenvalue weighted by Crippen LogP contribution is 2.17. The van der Waals surface area contributed by atoms with Gasteiger partial charge in [-0.25, -0.2) is 9.97 Å². The average molecular weight is 245 g/mol. The van der Waals surface area contributed by atoms with Crippen molar-refractivity contribution in [3.05, 3.63) is 29.3 Å². The normalized spacial score (nSPS) is 10.9. The van der Waals surface area contributed by atoms with Crippen molar-refractivity contribution in [2.75, 3.05) is 6.54 Å². The molecule has 0 aromatic carbocycles. The van der Waals surface area contributed by atoms with Crippen molar-refractivity contribution in [2.45, 2.75) is 27.3 Å². The fourth-order valence-corrected chi connectivity index (χ4v) is 1.91. The van der Waals surface area contributed by atoms with Crippen LogP contribution in [-0.2, 0) is 13.6 Å². The van der Waals surface area contributed by atoms with Crippen molar-refractivity contribution in [3.63, 3.8) is 0 Å². The van der Waals surface area contributed by atoms with Crippen molar-refractivity contribution in [3.8, 4) is 11.4 Å². The molecule has 2 aromatic rings. The summed E-state index contributed by atoms with van der Waals surface area (Å²) in [5.74, 6) is 0.748. The quantitative estimate of drug-likeness (QED) is 0.889. The topological polar surface area (TPSA) is 55.6 Å². The van der Waals surface area contributed by atoms with Gasteiger partial charge < -0.3 is 5.32 Å². The van der Waals surface area contributed by atoms with E-state index in [0.29, 0.717) is 0 Å². The first-order valence-corrected chi connectivity index (χ1v) is 6.15. The molecule has 0 aliphatic heterocycles. The van der Waals surface area contributed by atoms with Gasteiger partial charge in [0.15, 0.2) is 5.82 Å². The summed E-state index contributed by atoms with van der Waals surface area (Å²) >= 11 is 0. The van der Waals surface area contributed by atoms with Crippen molar-refractivity contribution >= 4 is 0 Å². The predicted octanol–water partition coefficient (Wildman–Crippen LogP) is 1.60. The molecule has 2 heterocycles. The van der Waals surface area contributed by atoms with Crippen LogP contribution in [0.2, 0.25) is 0 Å². The van der Waals surface area contributed by atoms with Gasteiger partial charge in [0.05, 0.1) is 11.8 Å². The minimum atomic E-state index is 0.748. The molecule has 0 unspecified atom stereocenters. The summed E-state index contributed by atoms with van der Waals surface area (Å²) in [5.41, 5.74) is 4.20. The van der Waals surface area contributed by atoms with E-state index in [0.717, 1.165) is 35.9 Å². The largest absolute Gasteiger partial charge is 0.313 e. The third kappa shape index (κ3) is 2.56. The average Bonchev–Trinajstić information content (AvgIpc) is 2.75. The zero-order chi connectivity index (χ0) is 13.1. The van der Waals surface area contributed by atoms with Gasteiger partial charge in [0, 0.05) is 36.7 Å². The van der Waals surface area contributed by atoms with Gasteiger partial charge in [-0.15, -0.1) is 0 Å². The fourth-order valence-electron chi connectivity index (χ4n) is 1.91. The highest BCUT2D eigenvalue weighted by atomic mass is 15.2. The van der Waals surface area contributed by atoms with Crippen LogP contribution < -0.4 is 5.32 Å². The summed E-state index contributed by atoms with van der Waals surface area (Å²) in [5, 5.41) is 7.46. The summed E-state index contributed by atoms with van der Waals surface area (Å²) < 4.78 is 1.76. The summed E-state index contributed by atoms with van der Waals surface area (Å²) in [6.07, 6.45) is 3.72.